The Morgan fingerprint density at radius 2 is 2.31 bits per heavy atom. The summed E-state index contributed by atoms with van der Waals surface area (Å²) in [6.45, 7) is 0. The zero-order valence-electron chi connectivity index (χ0n) is 9.43. The Hall–Kier alpha value is -1.22. The summed E-state index contributed by atoms with van der Waals surface area (Å²) in [5.74, 6) is 0.458. The molecule has 86 valence electrons. The van der Waals surface area contributed by atoms with E-state index in [1.165, 1.54) is 0 Å². The minimum atomic E-state index is 0.158. The highest BCUT2D eigenvalue weighted by Crippen LogP contribution is 2.24. The maximum Gasteiger partial charge on any atom is 0.141 e. The highest BCUT2D eigenvalue weighted by atomic mass is 16.1. The number of carbonyl (C=O) groups excluding carboxylic acids is 1. The zero-order valence-corrected chi connectivity index (χ0v) is 9.43. The first-order chi connectivity index (χ1) is 7.75. The molecule has 1 aliphatic rings. The molecule has 0 bridgehead atoms. The Bertz CT molecular complexity index is 350. The molecule has 2 rings (SSSR count). The molecule has 2 unspecified atom stereocenters. The van der Waals surface area contributed by atoms with E-state index in [1.54, 1.807) is 6.20 Å². The van der Waals surface area contributed by atoms with Crippen LogP contribution in [-0.2, 0) is 11.2 Å². The Labute approximate surface area is 96.1 Å². The zero-order chi connectivity index (χ0) is 11.4. The summed E-state index contributed by atoms with van der Waals surface area (Å²) in [5.41, 5.74) is 6.76. The van der Waals surface area contributed by atoms with Gasteiger partial charge in [-0.15, -0.1) is 0 Å². The third-order valence-electron chi connectivity index (χ3n) is 3.25. The van der Waals surface area contributed by atoms with Gasteiger partial charge in [0.2, 0.25) is 0 Å². The third kappa shape index (κ3) is 2.89. The Kier molecular flexibility index (Phi) is 3.67. The van der Waals surface area contributed by atoms with Gasteiger partial charge in [-0.25, -0.2) is 0 Å². The summed E-state index contributed by atoms with van der Waals surface area (Å²) in [6, 6.07) is 5.90. The first-order valence-corrected chi connectivity index (χ1v) is 5.94. The number of Topliss-reactive ketones (excluding diaryl/α,β-unsaturated/α-hetero) is 1. The number of rotatable bonds is 3. The van der Waals surface area contributed by atoms with Crippen LogP contribution in [-0.4, -0.2) is 16.8 Å². The molecule has 2 N–H and O–H groups in total. The van der Waals surface area contributed by atoms with Crippen LogP contribution in [0.1, 0.15) is 31.4 Å². The van der Waals surface area contributed by atoms with Crippen LogP contribution in [0.2, 0.25) is 0 Å². The molecule has 1 saturated carbocycles. The maximum absolute atomic E-state index is 12.0. The van der Waals surface area contributed by atoms with Crippen molar-refractivity contribution in [2.24, 2.45) is 11.7 Å². The van der Waals surface area contributed by atoms with Crippen LogP contribution >= 0.6 is 0 Å². The van der Waals surface area contributed by atoms with Gasteiger partial charge in [-0.2, -0.15) is 0 Å². The lowest BCUT2D eigenvalue weighted by Crippen LogP contribution is -2.32. The molecule has 0 aromatic carbocycles. The monoisotopic (exact) mass is 218 g/mol. The lowest BCUT2D eigenvalue weighted by Gasteiger charge is -2.25. The van der Waals surface area contributed by atoms with Crippen molar-refractivity contribution < 1.29 is 4.79 Å². The second-order valence-corrected chi connectivity index (χ2v) is 4.59. The Balaban J connectivity index is 1.93. The molecule has 1 aromatic heterocycles. The van der Waals surface area contributed by atoms with Crippen molar-refractivity contribution in [3.8, 4) is 0 Å². The molecule has 1 fully saturated rings. The molecule has 0 radical (unpaired) electrons. The number of pyridine rings is 1. The van der Waals surface area contributed by atoms with E-state index in [0.29, 0.717) is 12.2 Å². The normalized spacial score (nSPS) is 25.3. The van der Waals surface area contributed by atoms with Gasteiger partial charge in [0.25, 0.3) is 0 Å². The van der Waals surface area contributed by atoms with E-state index in [-0.39, 0.29) is 12.0 Å². The van der Waals surface area contributed by atoms with Crippen molar-refractivity contribution in [1.82, 2.24) is 4.98 Å². The topological polar surface area (TPSA) is 56.0 Å². The number of ketones is 1. The van der Waals surface area contributed by atoms with Crippen molar-refractivity contribution in [3.63, 3.8) is 0 Å². The van der Waals surface area contributed by atoms with Gasteiger partial charge in [-0.1, -0.05) is 12.5 Å². The second-order valence-electron chi connectivity index (χ2n) is 4.59. The molecule has 16 heavy (non-hydrogen) atoms. The van der Waals surface area contributed by atoms with E-state index >= 15 is 0 Å². The fourth-order valence-corrected chi connectivity index (χ4v) is 2.35. The van der Waals surface area contributed by atoms with Gasteiger partial charge in [0, 0.05) is 30.3 Å². The lowest BCUT2D eigenvalue weighted by molar-refractivity contribution is -0.123. The number of nitrogens with two attached hydrogens (primary N) is 1. The average Bonchev–Trinajstić information content (AvgIpc) is 2.30. The predicted octanol–water partition coefficient (Wildman–Crippen LogP) is 1.71. The summed E-state index contributed by atoms with van der Waals surface area (Å²) >= 11 is 0. The second kappa shape index (κ2) is 5.21. The largest absolute Gasteiger partial charge is 0.328 e. The number of nitrogens with zero attached hydrogens (tertiary/aromatic N) is 1. The number of hydrogen-bond donors (Lipinski definition) is 1. The van der Waals surface area contributed by atoms with E-state index in [1.807, 2.05) is 18.2 Å². The summed E-state index contributed by atoms with van der Waals surface area (Å²) < 4.78 is 0. The molecule has 0 aliphatic heterocycles. The minimum absolute atomic E-state index is 0.158. The first kappa shape index (κ1) is 11.3. The van der Waals surface area contributed by atoms with Crippen LogP contribution in [0.15, 0.2) is 24.4 Å². The number of hydrogen-bond acceptors (Lipinski definition) is 3. The molecule has 1 aromatic rings. The molecule has 0 amide bonds. The molecule has 3 heteroatoms. The highest BCUT2D eigenvalue weighted by Gasteiger charge is 2.25. The third-order valence-corrected chi connectivity index (χ3v) is 3.25. The summed E-state index contributed by atoms with van der Waals surface area (Å²) in [6.07, 6.45) is 6.19. The maximum atomic E-state index is 12.0. The average molecular weight is 218 g/mol. The molecule has 0 saturated heterocycles. The molecule has 2 atom stereocenters. The van der Waals surface area contributed by atoms with Gasteiger partial charge in [0.05, 0.1) is 0 Å². The molecular formula is C13H18N2O. The molecule has 1 aliphatic carbocycles. The summed E-state index contributed by atoms with van der Waals surface area (Å²) in [5, 5.41) is 0. The van der Waals surface area contributed by atoms with Gasteiger partial charge < -0.3 is 5.73 Å². The number of carbonyl (C=O) groups is 1. The fraction of sp³-hybridized carbons (Fsp3) is 0.538. The van der Waals surface area contributed by atoms with Crippen molar-refractivity contribution in [1.29, 1.82) is 0 Å². The Morgan fingerprint density at radius 3 is 3.00 bits per heavy atom. The smallest absolute Gasteiger partial charge is 0.141 e. The van der Waals surface area contributed by atoms with Gasteiger partial charge in [-0.3, -0.25) is 9.78 Å². The van der Waals surface area contributed by atoms with E-state index in [2.05, 4.69) is 4.98 Å². The standard InChI is InChI=1S/C13H18N2O/c14-11-5-3-4-10(8-11)13(16)9-12-6-1-2-7-15-12/h1-2,6-7,10-11H,3-5,8-9,14H2. The summed E-state index contributed by atoms with van der Waals surface area (Å²) in [4.78, 5) is 16.2. The van der Waals surface area contributed by atoms with E-state index in [0.717, 1.165) is 31.4 Å². The predicted molar refractivity (Wildman–Crippen MR) is 62.9 cm³/mol. The SMILES string of the molecule is NC1CCCC(C(=O)Cc2ccccn2)C1. The molecule has 1 heterocycles. The number of aromatic nitrogens is 1. The van der Waals surface area contributed by atoms with Crippen molar-refractivity contribution >= 4 is 5.78 Å². The van der Waals surface area contributed by atoms with E-state index < -0.39 is 0 Å². The van der Waals surface area contributed by atoms with E-state index in [4.69, 9.17) is 5.73 Å². The van der Waals surface area contributed by atoms with Crippen molar-refractivity contribution in [3.05, 3.63) is 30.1 Å². The van der Waals surface area contributed by atoms with Crippen LogP contribution in [0.3, 0.4) is 0 Å². The molecule has 3 nitrogen and oxygen atoms in total. The first-order valence-electron chi connectivity index (χ1n) is 5.94. The van der Waals surface area contributed by atoms with Crippen molar-refractivity contribution in [2.75, 3.05) is 0 Å². The highest BCUT2D eigenvalue weighted by molar-refractivity contribution is 5.83. The van der Waals surface area contributed by atoms with Crippen molar-refractivity contribution in [2.45, 2.75) is 38.1 Å². The minimum Gasteiger partial charge on any atom is -0.328 e. The van der Waals surface area contributed by atoms with Crippen LogP contribution in [0.5, 0.6) is 0 Å². The summed E-state index contributed by atoms with van der Waals surface area (Å²) in [7, 11) is 0. The molecule has 0 spiro atoms. The van der Waals surface area contributed by atoms with Crippen LogP contribution in [0, 0.1) is 5.92 Å². The fourth-order valence-electron chi connectivity index (χ4n) is 2.35. The lowest BCUT2D eigenvalue weighted by atomic mass is 9.82. The van der Waals surface area contributed by atoms with Gasteiger partial charge in [0.1, 0.15) is 5.78 Å². The Morgan fingerprint density at radius 1 is 1.44 bits per heavy atom. The van der Waals surface area contributed by atoms with Gasteiger partial charge in [-0.05, 0) is 31.4 Å². The van der Waals surface area contributed by atoms with Gasteiger partial charge in [0.15, 0.2) is 0 Å². The van der Waals surface area contributed by atoms with Crippen LogP contribution in [0.25, 0.3) is 0 Å². The quantitative estimate of drug-likeness (QED) is 0.840. The molecular weight excluding hydrogens is 200 g/mol. The van der Waals surface area contributed by atoms with Crippen LogP contribution < -0.4 is 5.73 Å². The van der Waals surface area contributed by atoms with E-state index in [9.17, 15) is 4.79 Å². The van der Waals surface area contributed by atoms with Crippen LogP contribution in [0.4, 0.5) is 0 Å². The van der Waals surface area contributed by atoms with Gasteiger partial charge >= 0.3 is 0 Å².